The summed E-state index contributed by atoms with van der Waals surface area (Å²) in [5.41, 5.74) is 2.10. The molecule has 3 heterocycles. The highest BCUT2D eigenvalue weighted by atomic mass is 32.2. The summed E-state index contributed by atoms with van der Waals surface area (Å²) < 4.78 is 4.34. The SMILES string of the molecule is Cc1nc(N2CCCCC2)nc(C)c1Sc1ccsn1. The zero-order valence-corrected chi connectivity index (χ0v) is 13.4. The topological polar surface area (TPSA) is 41.9 Å². The number of hydrogen-bond donors (Lipinski definition) is 0. The van der Waals surface area contributed by atoms with Gasteiger partial charge in [-0.2, -0.15) is 4.37 Å². The van der Waals surface area contributed by atoms with Gasteiger partial charge in [0.15, 0.2) is 0 Å². The van der Waals surface area contributed by atoms with Crippen LogP contribution < -0.4 is 4.90 Å². The lowest BCUT2D eigenvalue weighted by molar-refractivity contribution is 0.566. The number of nitrogens with zero attached hydrogens (tertiary/aromatic N) is 4. The van der Waals surface area contributed by atoms with Gasteiger partial charge in [0, 0.05) is 18.5 Å². The molecule has 0 aromatic carbocycles. The zero-order valence-electron chi connectivity index (χ0n) is 11.8. The molecular weight excluding hydrogens is 288 g/mol. The maximum Gasteiger partial charge on any atom is 0.225 e. The summed E-state index contributed by atoms with van der Waals surface area (Å²) in [6, 6.07) is 2.03. The lowest BCUT2D eigenvalue weighted by atomic mass is 10.1. The Hall–Kier alpha value is -1.14. The highest BCUT2D eigenvalue weighted by molar-refractivity contribution is 7.99. The molecule has 0 radical (unpaired) electrons. The van der Waals surface area contributed by atoms with E-state index in [1.807, 2.05) is 11.4 Å². The van der Waals surface area contributed by atoms with E-state index in [0.29, 0.717) is 0 Å². The van der Waals surface area contributed by atoms with Crippen molar-refractivity contribution in [1.82, 2.24) is 14.3 Å². The van der Waals surface area contributed by atoms with Crippen LogP contribution in [0.4, 0.5) is 5.95 Å². The van der Waals surface area contributed by atoms with Gasteiger partial charge in [0.05, 0.1) is 16.3 Å². The molecule has 0 atom stereocenters. The van der Waals surface area contributed by atoms with Gasteiger partial charge < -0.3 is 4.90 Å². The first kappa shape index (κ1) is 13.8. The van der Waals surface area contributed by atoms with Crippen LogP contribution in [0.5, 0.6) is 0 Å². The highest BCUT2D eigenvalue weighted by Gasteiger charge is 2.17. The third-order valence-electron chi connectivity index (χ3n) is 3.45. The monoisotopic (exact) mass is 306 g/mol. The van der Waals surface area contributed by atoms with Crippen molar-refractivity contribution in [2.75, 3.05) is 18.0 Å². The molecule has 3 rings (SSSR count). The first-order valence-corrected chi connectivity index (χ1v) is 8.58. The number of rotatable bonds is 3. The predicted octanol–water partition coefficient (Wildman–Crippen LogP) is 3.69. The van der Waals surface area contributed by atoms with Crippen molar-refractivity contribution in [2.45, 2.75) is 43.0 Å². The minimum atomic E-state index is 0.891. The fourth-order valence-corrected chi connectivity index (χ4v) is 3.94. The molecule has 6 heteroatoms. The van der Waals surface area contributed by atoms with Crippen molar-refractivity contribution < 1.29 is 0 Å². The second-order valence-electron chi connectivity index (χ2n) is 5.01. The van der Waals surface area contributed by atoms with Crippen molar-refractivity contribution in [3.8, 4) is 0 Å². The molecule has 0 aliphatic carbocycles. The maximum atomic E-state index is 4.71. The molecule has 20 heavy (non-hydrogen) atoms. The number of hydrogen-bond acceptors (Lipinski definition) is 6. The number of anilines is 1. The molecule has 4 nitrogen and oxygen atoms in total. The second kappa shape index (κ2) is 6.10. The molecular formula is C14H18N4S2. The van der Waals surface area contributed by atoms with E-state index in [0.717, 1.165) is 40.3 Å². The first-order valence-electron chi connectivity index (χ1n) is 6.92. The van der Waals surface area contributed by atoms with Crippen molar-refractivity contribution in [2.24, 2.45) is 0 Å². The molecule has 106 valence electrons. The summed E-state index contributed by atoms with van der Waals surface area (Å²) in [4.78, 5) is 12.9. The third kappa shape index (κ3) is 2.96. The molecule has 2 aromatic rings. The third-order valence-corrected chi connectivity index (χ3v) is 5.36. The van der Waals surface area contributed by atoms with Crippen molar-refractivity contribution in [1.29, 1.82) is 0 Å². The fourth-order valence-electron chi connectivity index (χ4n) is 2.43. The predicted molar refractivity (Wildman–Crippen MR) is 83.8 cm³/mol. The van der Waals surface area contributed by atoms with E-state index in [-0.39, 0.29) is 0 Å². The Labute approximate surface area is 127 Å². The van der Waals surface area contributed by atoms with Gasteiger partial charge >= 0.3 is 0 Å². The van der Waals surface area contributed by atoms with E-state index < -0.39 is 0 Å². The molecule has 0 saturated carbocycles. The lowest BCUT2D eigenvalue weighted by Gasteiger charge is -2.27. The number of aryl methyl sites for hydroxylation is 2. The Kier molecular flexibility index (Phi) is 4.21. The van der Waals surface area contributed by atoms with E-state index in [9.17, 15) is 0 Å². The molecule has 1 aliphatic rings. The minimum Gasteiger partial charge on any atom is -0.341 e. The summed E-state index contributed by atoms with van der Waals surface area (Å²) in [5.74, 6) is 0.891. The number of aromatic nitrogens is 3. The van der Waals surface area contributed by atoms with Crippen LogP contribution in [0.1, 0.15) is 30.7 Å². The first-order chi connectivity index (χ1) is 9.74. The van der Waals surface area contributed by atoms with E-state index in [1.165, 1.54) is 30.8 Å². The summed E-state index contributed by atoms with van der Waals surface area (Å²) in [5, 5.41) is 3.02. The largest absolute Gasteiger partial charge is 0.341 e. The van der Waals surface area contributed by atoms with Gasteiger partial charge in [-0.1, -0.05) is 11.8 Å². The Morgan fingerprint density at radius 3 is 2.40 bits per heavy atom. The van der Waals surface area contributed by atoms with Crippen LogP contribution in [0.15, 0.2) is 21.4 Å². The zero-order chi connectivity index (χ0) is 13.9. The maximum absolute atomic E-state index is 4.71. The van der Waals surface area contributed by atoms with Crippen molar-refractivity contribution in [3.63, 3.8) is 0 Å². The van der Waals surface area contributed by atoms with Crippen LogP contribution in [0.25, 0.3) is 0 Å². The smallest absolute Gasteiger partial charge is 0.225 e. The van der Waals surface area contributed by atoms with Gasteiger partial charge in [0.1, 0.15) is 5.03 Å². The van der Waals surface area contributed by atoms with E-state index in [1.54, 1.807) is 11.8 Å². The quantitative estimate of drug-likeness (QED) is 0.865. The second-order valence-corrected chi connectivity index (χ2v) is 6.71. The average molecular weight is 306 g/mol. The lowest BCUT2D eigenvalue weighted by Crippen LogP contribution is -2.31. The van der Waals surface area contributed by atoms with Crippen LogP contribution in [0.3, 0.4) is 0 Å². The Bertz CT molecular complexity index is 554. The Morgan fingerprint density at radius 1 is 1.10 bits per heavy atom. The van der Waals surface area contributed by atoms with Gasteiger partial charge in [0.25, 0.3) is 0 Å². The summed E-state index contributed by atoms with van der Waals surface area (Å²) in [7, 11) is 0. The normalized spacial score (nSPS) is 15.6. The van der Waals surface area contributed by atoms with Gasteiger partial charge in [-0.15, -0.1) is 0 Å². The molecule has 1 fully saturated rings. The molecule has 0 unspecified atom stereocenters. The van der Waals surface area contributed by atoms with E-state index in [4.69, 9.17) is 9.97 Å². The average Bonchev–Trinajstić information content (AvgIpc) is 2.97. The number of piperidine rings is 1. The van der Waals surface area contributed by atoms with Gasteiger partial charge in [0.2, 0.25) is 5.95 Å². The molecule has 0 N–H and O–H groups in total. The van der Waals surface area contributed by atoms with Gasteiger partial charge in [-0.05, 0) is 50.7 Å². The Balaban J connectivity index is 1.86. The van der Waals surface area contributed by atoms with Crippen LogP contribution in [0.2, 0.25) is 0 Å². The fraction of sp³-hybridized carbons (Fsp3) is 0.500. The molecule has 1 aliphatic heterocycles. The summed E-state index contributed by atoms with van der Waals surface area (Å²) in [6.07, 6.45) is 3.82. The van der Waals surface area contributed by atoms with Crippen LogP contribution in [-0.2, 0) is 0 Å². The van der Waals surface area contributed by atoms with E-state index >= 15 is 0 Å². The molecule has 0 amide bonds. The minimum absolute atomic E-state index is 0.891. The molecule has 1 saturated heterocycles. The summed E-state index contributed by atoms with van der Waals surface area (Å²) in [6.45, 7) is 6.29. The highest BCUT2D eigenvalue weighted by Crippen LogP contribution is 2.32. The van der Waals surface area contributed by atoms with Crippen molar-refractivity contribution >= 4 is 29.2 Å². The molecule has 2 aromatic heterocycles. The van der Waals surface area contributed by atoms with Crippen LogP contribution in [-0.4, -0.2) is 27.4 Å². The van der Waals surface area contributed by atoms with Gasteiger partial charge in [-0.25, -0.2) is 9.97 Å². The Morgan fingerprint density at radius 2 is 1.80 bits per heavy atom. The molecule has 0 spiro atoms. The summed E-state index contributed by atoms with van der Waals surface area (Å²) >= 11 is 3.14. The van der Waals surface area contributed by atoms with Crippen LogP contribution >= 0.6 is 23.3 Å². The van der Waals surface area contributed by atoms with Crippen molar-refractivity contribution in [3.05, 3.63) is 22.8 Å². The van der Waals surface area contributed by atoms with Gasteiger partial charge in [-0.3, -0.25) is 0 Å². The van der Waals surface area contributed by atoms with Crippen LogP contribution in [0, 0.1) is 13.8 Å². The molecule has 0 bridgehead atoms. The van der Waals surface area contributed by atoms with E-state index in [2.05, 4.69) is 23.1 Å². The standard InChI is InChI=1S/C14H18N4S2/c1-10-13(20-12-6-9-19-17-12)11(2)16-14(15-10)18-7-4-3-5-8-18/h6,9H,3-5,7-8H2,1-2H3.